The van der Waals surface area contributed by atoms with Crippen LogP contribution < -0.4 is 0 Å². The van der Waals surface area contributed by atoms with Crippen LogP contribution in [0.25, 0.3) is 6.08 Å². The number of carbonyl (C=O) groups excluding carboxylic acids is 1. The smallest absolute Gasteiger partial charge is 0.246 e. The number of carbonyl (C=O) groups is 1. The summed E-state index contributed by atoms with van der Waals surface area (Å²) in [5.41, 5.74) is 0.247. The summed E-state index contributed by atoms with van der Waals surface area (Å²) in [6.07, 6.45) is 8.02. The molecule has 1 saturated heterocycles. The highest BCUT2D eigenvalue weighted by atomic mass is 19.1. The number of hydrogen-bond donors (Lipinski definition) is 1. The average molecular weight is 303 g/mol. The lowest BCUT2D eigenvalue weighted by atomic mass is 9.71. The number of benzene rings is 1. The molecule has 0 spiro atoms. The third-order valence-electron chi connectivity index (χ3n) is 5.03. The van der Waals surface area contributed by atoms with Crippen LogP contribution in [0.1, 0.15) is 37.7 Å². The molecule has 3 nitrogen and oxygen atoms in total. The molecule has 4 heteroatoms. The van der Waals surface area contributed by atoms with Gasteiger partial charge in [0.1, 0.15) is 5.82 Å². The fraction of sp³-hybridized carbons (Fsp3) is 0.500. The van der Waals surface area contributed by atoms with Crippen LogP contribution in [0.2, 0.25) is 0 Å². The number of piperidine rings is 1. The number of amides is 1. The van der Waals surface area contributed by atoms with Gasteiger partial charge < -0.3 is 10.0 Å². The molecule has 1 aromatic carbocycles. The second-order valence-electron chi connectivity index (χ2n) is 6.47. The van der Waals surface area contributed by atoms with E-state index in [0.717, 1.165) is 31.2 Å². The molecule has 118 valence electrons. The Morgan fingerprint density at radius 1 is 1.27 bits per heavy atom. The molecule has 0 bridgehead atoms. The molecule has 3 rings (SSSR count). The van der Waals surface area contributed by atoms with Gasteiger partial charge in [-0.05, 0) is 43.0 Å². The molecular formula is C18H22FNO2. The van der Waals surface area contributed by atoms with E-state index >= 15 is 0 Å². The van der Waals surface area contributed by atoms with Crippen molar-refractivity contribution in [1.29, 1.82) is 0 Å². The van der Waals surface area contributed by atoms with E-state index in [1.807, 2.05) is 4.90 Å². The summed E-state index contributed by atoms with van der Waals surface area (Å²) < 4.78 is 12.8. The van der Waals surface area contributed by atoms with Gasteiger partial charge in [0, 0.05) is 25.1 Å². The predicted molar refractivity (Wildman–Crippen MR) is 83.5 cm³/mol. The van der Waals surface area contributed by atoms with Gasteiger partial charge in [-0.1, -0.05) is 25.0 Å². The zero-order chi connectivity index (χ0) is 15.6. The van der Waals surface area contributed by atoms with Gasteiger partial charge in [0.25, 0.3) is 0 Å². The van der Waals surface area contributed by atoms with Crippen molar-refractivity contribution < 1.29 is 14.3 Å². The van der Waals surface area contributed by atoms with Crippen LogP contribution in [0.3, 0.4) is 0 Å². The van der Waals surface area contributed by atoms with Gasteiger partial charge in [0.2, 0.25) is 5.91 Å². The summed E-state index contributed by atoms with van der Waals surface area (Å²) >= 11 is 0. The summed E-state index contributed by atoms with van der Waals surface area (Å²) in [6.45, 7) is 1.25. The summed E-state index contributed by atoms with van der Waals surface area (Å²) in [5.74, 6) is -0.105. The van der Waals surface area contributed by atoms with Crippen LogP contribution in [0, 0.1) is 11.7 Å². The Morgan fingerprint density at radius 3 is 2.82 bits per heavy atom. The van der Waals surface area contributed by atoms with Gasteiger partial charge in [0.05, 0.1) is 5.60 Å². The van der Waals surface area contributed by atoms with E-state index in [4.69, 9.17) is 0 Å². The Labute approximate surface area is 130 Å². The number of likely N-dealkylation sites (tertiary alicyclic amines) is 1. The zero-order valence-corrected chi connectivity index (χ0v) is 12.7. The molecule has 1 amide bonds. The van der Waals surface area contributed by atoms with E-state index in [1.54, 1.807) is 24.3 Å². The summed E-state index contributed by atoms with van der Waals surface area (Å²) in [6, 6.07) is 6.06. The lowest BCUT2D eigenvalue weighted by Gasteiger charge is -2.47. The number of fused-ring (bicyclic) bond motifs is 1. The first kappa shape index (κ1) is 15.2. The molecule has 2 aliphatic rings. The van der Waals surface area contributed by atoms with Crippen molar-refractivity contribution >= 4 is 12.0 Å². The van der Waals surface area contributed by atoms with Crippen molar-refractivity contribution in [2.75, 3.05) is 13.1 Å². The third kappa shape index (κ3) is 3.22. The van der Waals surface area contributed by atoms with Gasteiger partial charge in [-0.3, -0.25) is 4.79 Å². The lowest BCUT2D eigenvalue weighted by Crippen LogP contribution is -2.54. The minimum absolute atomic E-state index is 0.0306. The minimum atomic E-state index is -0.560. The Hall–Kier alpha value is -1.68. The van der Waals surface area contributed by atoms with Crippen molar-refractivity contribution in [3.63, 3.8) is 0 Å². The van der Waals surface area contributed by atoms with Crippen molar-refractivity contribution in [3.8, 4) is 0 Å². The van der Waals surface area contributed by atoms with E-state index in [0.29, 0.717) is 19.5 Å². The third-order valence-corrected chi connectivity index (χ3v) is 5.03. The first-order valence-electron chi connectivity index (χ1n) is 8.02. The molecule has 1 aliphatic heterocycles. The zero-order valence-electron chi connectivity index (χ0n) is 12.7. The van der Waals surface area contributed by atoms with Crippen LogP contribution in [-0.4, -0.2) is 34.6 Å². The molecule has 22 heavy (non-hydrogen) atoms. The van der Waals surface area contributed by atoms with E-state index < -0.39 is 5.60 Å². The number of aliphatic hydroxyl groups is 1. The quantitative estimate of drug-likeness (QED) is 0.853. The molecule has 1 aliphatic carbocycles. The number of rotatable bonds is 2. The maximum atomic E-state index is 12.8. The second-order valence-corrected chi connectivity index (χ2v) is 6.47. The molecule has 0 radical (unpaired) electrons. The summed E-state index contributed by atoms with van der Waals surface area (Å²) in [7, 11) is 0. The Kier molecular flexibility index (Phi) is 4.30. The van der Waals surface area contributed by atoms with E-state index in [-0.39, 0.29) is 17.6 Å². The van der Waals surface area contributed by atoms with Crippen molar-refractivity contribution in [3.05, 3.63) is 41.7 Å². The SMILES string of the molecule is O=C(C=Cc1ccc(F)cc1)N1CC[C@@]2(O)CCCC[C@H]2C1. The predicted octanol–water partition coefficient (Wildman–Crippen LogP) is 2.99. The van der Waals surface area contributed by atoms with Crippen LogP contribution in [0.5, 0.6) is 0 Å². The van der Waals surface area contributed by atoms with Gasteiger partial charge >= 0.3 is 0 Å². The number of halogens is 1. The average Bonchev–Trinajstić information content (AvgIpc) is 2.53. The first-order chi connectivity index (χ1) is 10.6. The Bertz CT molecular complexity index is 569. The van der Waals surface area contributed by atoms with Gasteiger partial charge in [-0.15, -0.1) is 0 Å². The summed E-state index contributed by atoms with van der Waals surface area (Å²) in [5, 5.41) is 10.6. The van der Waals surface area contributed by atoms with E-state index in [9.17, 15) is 14.3 Å². The molecule has 2 fully saturated rings. The summed E-state index contributed by atoms with van der Waals surface area (Å²) in [4.78, 5) is 14.1. The highest BCUT2D eigenvalue weighted by Gasteiger charge is 2.43. The maximum Gasteiger partial charge on any atom is 0.246 e. The van der Waals surface area contributed by atoms with Crippen molar-refractivity contribution in [2.24, 2.45) is 5.92 Å². The molecule has 1 heterocycles. The highest BCUT2D eigenvalue weighted by Crippen LogP contribution is 2.39. The molecule has 0 unspecified atom stereocenters. The lowest BCUT2D eigenvalue weighted by molar-refractivity contribution is -0.138. The molecule has 0 aromatic heterocycles. The van der Waals surface area contributed by atoms with Gasteiger partial charge in [-0.25, -0.2) is 4.39 Å². The maximum absolute atomic E-state index is 12.8. The molecule has 1 saturated carbocycles. The van der Waals surface area contributed by atoms with Crippen LogP contribution in [0.15, 0.2) is 30.3 Å². The Balaban J connectivity index is 1.62. The van der Waals surface area contributed by atoms with Gasteiger partial charge in [0.15, 0.2) is 0 Å². The van der Waals surface area contributed by atoms with Crippen LogP contribution in [-0.2, 0) is 4.79 Å². The van der Waals surface area contributed by atoms with Gasteiger partial charge in [-0.2, -0.15) is 0 Å². The normalized spacial score (nSPS) is 28.6. The second kappa shape index (κ2) is 6.21. The largest absolute Gasteiger partial charge is 0.389 e. The van der Waals surface area contributed by atoms with Crippen molar-refractivity contribution in [1.82, 2.24) is 4.90 Å². The van der Waals surface area contributed by atoms with Crippen molar-refractivity contribution in [2.45, 2.75) is 37.7 Å². The topological polar surface area (TPSA) is 40.5 Å². The molecule has 1 aromatic rings. The molecule has 2 atom stereocenters. The standard InChI is InChI=1S/C18H22FNO2/c19-16-7-4-14(5-8-16)6-9-17(21)20-12-11-18(22)10-2-1-3-15(18)13-20/h4-9,15,22H,1-3,10-13H2/t15-,18-/m0/s1. The van der Waals surface area contributed by atoms with Crippen LogP contribution in [0.4, 0.5) is 4.39 Å². The minimum Gasteiger partial charge on any atom is -0.389 e. The fourth-order valence-electron chi connectivity index (χ4n) is 3.62. The molecular weight excluding hydrogens is 281 g/mol. The van der Waals surface area contributed by atoms with E-state index in [1.165, 1.54) is 12.1 Å². The fourth-order valence-corrected chi connectivity index (χ4v) is 3.62. The monoisotopic (exact) mass is 303 g/mol. The Morgan fingerprint density at radius 2 is 2.05 bits per heavy atom. The molecule has 1 N–H and O–H groups in total. The number of hydrogen-bond acceptors (Lipinski definition) is 2. The number of nitrogens with zero attached hydrogens (tertiary/aromatic N) is 1. The highest BCUT2D eigenvalue weighted by molar-refractivity contribution is 5.91. The van der Waals surface area contributed by atoms with Crippen LogP contribution >= 0.6 is 0 Å². The first-order valence-corrected chi connectivity index (χ1v) is 8.02. The van der Waals surface area contributed by atoms with E-state index in [2.05, 4.69) is 0 Å².